The number of hydrogen-bond acceptors (Lipinski definition) is 5. The smallest absolute Gasteiger partial charge is 0.305 e. The third kappa shape index (κ3) is 5.46. The van der Waals surface area contributed by atoms with E-state index in [4.69, 9.17) is 5.11 Å². The number of likely N-dealkylation sites (tertiary alicyclic amines) is 1. The van der Waals surface area contributed by atoms with E-state index in [1.54, 1.807) is 0 Å². The van der Waals surface area contributed by atoms with Crippen LogP contribution in [-0.2, 0) is 14.3 Å². The van der Waals surface area contributed by atoms with Gasteiger partial charge in [0.25, 0.3) is 0 Å². The normalized spacial score (nSPS) is 19.8. The highest BCUT2D eigenvalue weighted by Gasteiger charge is 2.22. The Bertz CT molecular complexity index is 283. The predicted molar refractivity (Wildman–Crippen MR) is 65.9 cm³/mol. The van der Waals surface area contributed by atoms with Crippen molar-refractivity contribution in [1.29, 1.82) is 0 Å². The molecule has 2 N–H and O–H groups in total. The zero-order valence-electron chi connectivity index (χ0n) is 10.9. The molecule has 1 amide bonds. The van der Waals surface area contributed by atoms with E-state index in [1.165, 1.54) is 7.11 Å². The first-order chi connectivity index (χ1) is 8.65. The maximum Gasteiger partial charge on any atom is 0.305 e. The molecule has 18 heavy (non-hydrogen) atoms. The van der Waals surface area contributed by atoms with Gasteiger partial charge in [-0.05, 0) is 25.3 Å². The molecule has 0 bridgehead atoms. The fourth-order valence-electron chi connectivity index (χ4n) is 2.03. The van der Waals surface area contributed by atoms with E-state index in [2.05, 4.69) is 10.1 Å². The number of carbonyl (C=O) groups is 2. The molecular weight excluding hydrogens is 236 g/mol. The summed E-state index contributed by atoms with van der Waals surface area (Å²) < 4.78 is 4.51. The van der Waals surface area contributed by atoms with Crippen molar-refractivity contribution < 1.29 is 19.4 Å². The molecule has 0 aliphatic carbocycles. The number of esters is 1. The lowest BCUT2D eigenvalue weighted by Crippen LogP contribution is -2.36. The number of rotatable bonds is 7. The highest BCUT2D eigenvalue weighted by Crippen LogP contribution is 2.14. The van der Waals surface area contributed by atoms with Gasteiger partial charge in [0.2, 0.25) is 5.91 Å². The van der Waals surface area contributed by atoms with Crippen molar-refractivity contribution in [2.24, 2.45) is 5.92 Å². The zero-order chi connectivity index (χ0) is 13.4. The first kappa shape index (κ1) is 14.9. The van der Waals surface area contributed by atoms with Crippen molar-refractivity contribution in [2.45, 2.75) is 19.3 Å². The lowest BCUT2D eigenvalue weighted by Gasteiger charge is -2.14. The number of carbonyl (C=O) groups excluding carboxylic acids is 2. The van der Waals surface area contributed by atoms with Gasteiger partial charge >= 0.3 is 5.97 Å². The van der Waals surface area contributed by atoms with E-state index in [9.17, 15) is 9.59 Å². The summed E-state index contributed by atoms with van der Waals surface area (Å²) in [6.45, 7) is 2.70. The number of amides is 1. The van der Waals surface area contributed by atoms with Crippen LogP contribution < -0.4 is 5.32 Å². The minimum atomic E-state index is -0.255. The summed E-state index contributed by atoms with van der Waals surface area (Å²) in [5, 5.41) is 11.8. The molecule has 0 aromatic heterocycles. The molecule has 1 aliphatic rings. The lowest BCUT2D eigenvalue weighted by atomic mass is 10.1. The quantitative estimate of drug-likeness (QED) is 0.469. The van der Waals surface area contributed by atoms with E-state index in [0.29, 0.717) is 31.8 Å². The van der Waals surface area contributed by atoms with Crippen molar-refractivity contribution in [3.8, 4) is 0 Å². The summed E-state index contributed by atoms with van der Waals surface area (Å²) in [6.07, 6.45) is 1.87. The number of nitrogens with one attached hydrogen (secondary N) is 1. The third-order valence-corrected chi connectivity index (χ3v) is 3.10. The largest absolute Gasteiger partial charge is 0.469 e. The first-order valence-electron chi connectivity index (χ1n) is 6.32. The maximum atomic E-state index is 11.6. The molecule has 1 fully saturated rings. The van der Waals surface area contributed by atoms with Crippen molar-refractivity contribution in [1.82, 2.24) is 10.2 Å². The lowest BCUT2D eigenvalue weighted by molar-refractivity contribution is -0.140. The summed E-state index contributed by atoms with van der Waals surface area (Å²) in [5.74, 6) is 0.0187. The molecule has 104 valence electrons. The topological polar surface area (TPSA) is 78.9 Å². The van der Waals surface area contributed by atoms with Crippen LogP contribution in [0.25, 0.3) is 0 Å². The van der Waals surface area contributed by atoms with Gasteiger partial charge in [0.15, 0.2) is 0 Å². The Morgan fingerprint density at radius 2 is 2.28 bits per heavy atom. The summed E-state index contributed by atoms with van der Waals surface area (Å²) in [5.41, 5.74) is 0. The van der Waals surface area contributed by atoms with E-state index < -0.39 is 0 Å². The van der Waals surface area contributed by atoms with Gasteiger partial charge in [0.1, 0.15) is 0 Å². The van der Waals surface area contributed by atoms with Crippen LogP contribution >= 0.6 is 0 Å². The first-order valence-corrected chi connectivity index (χ1v) is 6.32. The van der Waals surface area contributed by atoms with Gasteiger partial charge in [-0.3, -0.25) is 14.5 Å². The predicted octanol–water partition coefficient (Wildman–Crippen LogP) is -0.630. The van der Waals surface area contributed by atoms with E-state index in [-0.39, 0.29) is 18.5 Å². The van der Waals surface area contributed by atoms with Gasteiger partial charge in [-0.25, -0.2) is 0 Å². The standard InChI is InChI=1S/C12H22N2O4/c1-18-12(17)3-2-5-13-11(16)8-14-6-4-10(7-14)9-15/h10,15H,2-9H2,1H3,(H,13,16). The summed E-state index contributed by atoms with van der Waals surface area (Å²) in [4.78, 5) is 24.5. The summed E-state index contributed by atoms with van der Waals surface area (Å²) in [6, 6.07) is 0. The van der Waals surface area contributed by atoms with Gasteiger partial charge in [-0.15, -0.1) is 0 Å². The minimum Gasteiger partial charge on any atom is -0.469 e. The number of ether oxygens (including phenoxy) is 1. The molecule has 1 atom stereocenters. The molecule has 1 rings (SSSR count). The van der Waals surface area contributed by atoms with Crippen molar-refractivity contribution in [3.05, 3.63) is 0 Å². The van der Waals surface area contributed by atoms with Crippen LogP contribution in [0.3, 0.4) is 0 Å². The van der Waals surface area contributed by atoms with E-state index in [0.717, 1.165) is 19.5 Å². The second-order valence-corrected chi connectivity index (χ2v) is 4.60. The molecule has 0 aromatic rings. The monoisotopic (exact) mass is 258 g/mol. The van der Waals surface area contributed by atoms with Crippen LogP contribution in [0.5, 0.6) is 0 Å². The molecule has 0 saturated carbocycles. The van der Waals surface area contributed by atoms with Crippen LogP contribution in [-0.4, -0.2) is 61.8 Å². The van der Waals surface area contributed by atoms with Gasteiger partial charge < -0.3 is 15.2 Å². The van der Waals surface area contributed by atoms with Gasteiger partial charge in [0.05, 0.1) is 13.7 Å². The van der Waals surface area contributed by atoms with Crippen LogP contribution in [0, 0.1) is 5.92 Å². The fourth-order valence-corrected chi connectivity index (χ4v) is 2.03. The Hall–Kier alpha value is -1.14. The van der Waals surface area contributed by atoms with E-state index >= 15 is 0 Å². The Morgan fingerprint density at radius 3 is 2.89 bits per heavy atom. The van der Waals surface area contributed by atoms with Crippen LogP contribution in [0.2, 0.25) is 0 Å². The zero-order valence-corrected chi connectivity index (χ0v) is 10.9. The molecule has 0 aromatic carbocycles. The number of hydrogen-bond donors (Lipinski definition) is 2. The van der Waals surface area contributed by atoms with Crippen molar-refractivity contribution >= 4 is 11.9 Å². The average Bonchev–Trinajstić information content (AvgIpc) is 2.81. The SMILES string of the molecule is COC(=O)CCCNC(=O)CN1CCC(CO)C1. The van der Waals surface area contributed by atoms with Crippen molar-refractivity contribution in [3.63, 3.8) is 0 Å². The fraction of sp³-hybridized carbons (Fsp3) is 0.833. The Labute approximate surface area is 107 Å². The Balaban J connectivity index is 2.06. The Morgan fingerprint density at radius 1 is 1.50 bits per heavy atom. The van der Waals surface area contributed by atoms with E-state index in [1.807, 2.05) is 4.90 Å². The molecule has 1 saturated heterocycles. The van der Waals surface area contributed by atoms with Gasteiger partial charge in [0, 0.05) is 26.1 Å². The van der Waals surface area contributed by atoms with Gasteiger partial charge in [-0.2, -0.15) is 0 Å². The molecule has 1 unspecified atom stereocenters. The molecule has 1 aliphatic heterocycles. The summed E-state index contributed by atoms with van der Waals surface area (Å²) >= 11 is 0. The molecule has 0 spiro atoms. The second-order valence-electron chi connectivity index (χ2n) is 4.60. The molecule has 6 nitrogen and oxygen atoms in total. The van der Waals surface area contributed by atoms with Crippen LogP contribution in [0.1, 0.15) is 19.3 Å². The second kappa shape index (κ2) is 8.05. The number of aliphatic hydroxyl groups is 1. The number of methoxy groups -OCH3 is 1. The number of nitrogens with zero attached hydrogens (tertiary/aromatic N) is 1. The molecule has 0 radical (unpaired) electrons. The summed E-state index contributed by atoms with van der Waals surface area (Å²) in [7, 11) is 1.35. The molecular formula is C12H22N2O4. The van der Waals surface area contributed by atoms with Gasteiger partial charge in [-0.1, -0.05) is 0 Å². The average molecular weight is 258 g/mol. The minimum absolute atomic E-state index is 0.0292. The highest BCUT2D eigenvalue weighted by atomic mass is 16.5. The Kier molecular flexibility index (Phi) is 6.67. The number of aliphatic hydroxyl groups excluding tert-OH is 1. The van der Waals surface area contributed by atoms with Crippen LogP contribution in [0.15, 0.2) is 0 Å². The maximum absolute atomic E-state index is 11.6. The molecule has 1 heterocycles. The third-order valence-electron chi connectivity index (χ3n) is 3.10. The highest BCUT2D eigenvalue weighted by molar-refractivity contribution is 5.78. The van der Waals surface area contributed by atoms with Crippen molar-refractivity contribution in [2.75, 3.05) is 39.9 Å². The van der Waals surface area contributed by atoms with Crippen LogP contribution in [0.4, 0.5) is 0 Å². The molecule has 6 heteroatoms.